The molecule has 0 bridgehead atoms. The largest absolute Gasteiger partial charge is 0.491 e. The Morgan fingerprint density at radius 2 is 2.15 bits per heavy atom. The molecule has 2 atom stereocenters. The topological polar surface area (TPSA) is 78.9 Å². The molecular formula is C20H28N2O4. The third kappa shape index (κ3) is 4.75. The molecule has 0 aromatic heterocycles. The fourth-order valence-corrected chi connectivity index (χ4v) is 3.80. The van der Waals surface area contributed by atoms with Gasteiger partial charge in [-0.05, 0) is 37.5 Å². The van der Waals surface area contributed by atoms with Crippen molar-refractivity contribution in [1.29, 1.82) is 0 Å². The molecule has 2 amide bonds. The van der Waals surface area contributed by atoms with Crippen molar-refractivity contribution < 1.29 is 19.4 Å². The number of hydrogen-bond acceptors (Lipinski definition) is 4. The molecule has 6 nitrogen and oxygen atoms in total. The van der Waals surface area contributed by atoms with E-state index in [1.807, 2.05) is 36.1 Å². The van der Waals surface area contributed by atoms with E-state index in [9.17, 15) is 14.7 Å². The number of ether oxygens (including phenoxy) is 1. The molecule has 2 aliphatic rings. The Labute approximate surface area is 154 Å². The van der Waals surface area contributed by atoms with Gasteiger partial charge in [0.05, 0.1) is 5.92 Å². The van der Waals surface area contributed by atoms with Crippen molar-refractivity contribution in [3.05, 3.63) is 29.8 Å². The van der Waals surface area contributed by atoms with Crippen LogP contribution in [0.2, 0.25) is 0 Å². The van der Waals surface area contributed by atoms with E-state index in [0.29, 0.717) is 18.3 Å². The zero-order valence-electron chi connectivity index (χ0n) is 15.3. The number of likely N-dealkylation sites (tertiary alicyclic amines) is 1. The predicted octanol–water partition coefficient (Wildman–Crippen LogP) is 1.64. The summed E-state index contributed by atoms with van der Waals surface area (Å²) in [4.78, 5) is 26.4. The molecule has 3 rings (SSSR count). The standard InChI is InChI=1S/C20H28N2O4/c1-14-5-4-8-18(9-14)26-13-17(23)11-21-20(25)15-10-19(24)22(12-15)16-6-2-3-7-16/h4-5,8-9,15-17,23H,2-3,6-7,10-13H2,1H3,(H,21,25). The van der Waals surface area contributed by atoms with Crippen LogP contribution in [-0.4, -0.2) is 53.7 Å². The quantitative estimate of drug-likeness (QED) is 0.775. The van der Waals surface area contributed by atoms with Crippen molar-refractivity contribution in [1.82, 2.24) is 10.2 Å². The Balaban J connectivity index is 1.40. The second-order valence-corrected chi connectivity index (χ2v) is 7.41. The first-order valence-electron chi connectivity index (χ1n) is 9.47. The molecule has 142 valence electrons. The lowest BCUT2D eigenvalue weighted by molar-refractivity contribution is -0.130. The highest BCUT2D eigenvalue weighted by atomic mass is 16.5. The summed E-state index contributed by atoms with van der Waals surface area (Å²) in [5.41, 5.74) is 1.09. The van der Waals surface area contributed by atoms with Crippen LogP contribution in [0.5, 0.6) is 5.75 Å². The van der Waals surface area contributed by atoms with Gasteiger partial charge in [-0.25, -0.2) is 0 Å². The van der Waals surface area contributed by atoms with E-state index in [1.165, 1.54) is 12.8 Å². The highest BCUT2D eigenvalue weighted by Crippen LogP contribution is 2.29. The first-order valence-corrected chi connectivity index (χ1v) is 9.47. The van der Waals surface area contributed by atoms with Crippen LogP contribution in [0.1, 0.15) is 37.7 Å². The highest BCUT2D eigenvalue weighted by molar-refractivity contribution is 5.89. The number of carbonyl (C=O) groups is 2. The molecule has 6 heteroatoms. The van der Waals surface area contributed by atoms with Crippen LogP contribution in [0.4, 0.5) is 0 Å². The van der Waals surface area contributed by atoms with Crippen LogP contribution in [0.3, 0.4) is 0 Å². The fraction of sp³-hybridized carbons (Fsp3) is 0.600. The predicted molar refractivity (Wildman–Crippen MR) is 97.8 cm³/mol. The Morgan fingerprint density at radius 3 is 2.88 bits per heavy atom. The van der Waals surface area contributed by atoms with Crippen molar-refractivity contribution in [2.24, 2.45) is 5.92 Å². The number of benzene rings is 1. The van der Waals surface area contributed by atoms with Crippen molar-refractivity contribution in [3.8, 4) is 5.75 Å². The summed E-state index contributed by atoms with van der Waals surface area (Å²) in [5.74, 6) is 0.311. The normalized spacial score (nSPS) is 21.8. The van der Waals surface area contributed by atoms with Gasteiger partial charge in [0.1, 0.15) is 18.5 Å². The van der Waals surface area contributed by atoms with Gasteiger partial charge in [0.15, 0.2) is 0 Å². The Bertz CT molecular complexity index is 642. The smallest absolute Gasteiger partial charge is 0.225 e. The number of rotatable bonds is 7. The number of aryl methyl sites for hydroxylation is 1. The minimum atomic E-state index is -0.789. The van der Waals surface area contributed by atoms with Gasteiger partial charge in [-0.3, -0.25) is 9.59 Å². The second-order valence-electron chi connectivity index (χ2n) is 7.41. The number of aliphatic hydroxyl groups excluding tert-OH is 1. The summed E-state index contributed by atoms with van der Waals surface area (Å²) in [5, 5.41) is 12.8. The molecule has 1 aliphatic carbocycles. The lowest BCUT2D eigenvalue weighted by atomic mass is 10.1. The zero-order valence-corrected chi connectivity index (χ0v) is 15.3. The maximum atomic E-state index is 12.3. The average molecular weight is 360 g/mol. The second kappa shape index (κ2) is 8.54. The maximum absolute atomic E-state index is 12.3. The molecule has 2 fully saturated rings. The molecule has 2 N–H and O–H groups in total. The van der Waals surface area contributed by atoms with Crippen molar-refractivity contribution in [2.45, 2.75) is 51.2 Å². The van der Waals surface area contributed by atoms with Gasteiger partial charge in [-0.1, -0.05) is 25.0 Å². The van der Waals surface area contributed by atoms with Crippen LogP contribution in [-0.2, 0) is 9.59 Å². The van der Waals surface area contributed by atoms with Crippen molar-refractivity contribution in [3.63, 3.8) is 0 Å². The first kappa shape index (κ1) is 18.7. The highest BCUT2D eigenvalue weighted by Gasteiger charge is 2.38. The SMILES string of the molecule is Cc1cccc(OCC(O)CNC(=O)C2CC(=O)N(C3CCCC3)C2)c1. The van der Waals surface area contributed by atoms with Gasteiger partial charge in [0.25, 0.3) is 0 Å². The number of nitrogens with one attached hydrogen (secondary N) is 1. The summed E-state index contributed by atoms with van der Waals surface area (Å²) in [6.07, 6.45) is 3.92. The number of hydrogen-bond donors (Lipinski definition) is 2. The van der Waals surface area contributed by atoms with E-state index < -0.39 is 6.10 Å². The van der Waals surface area contributed by atoms with E-state index >= 15 is 0 Å². The third-order valence-electron chi connectivity index (χ3n) is 5.24. The number of nitrogens with zero attached hydrogens (tertiary/aromatic N) is 1. The Morgan fingerprint density at radius 1 is 1.38 bits per heavy atom. The van der Waals surface area contributed by atoms with Gasteiger partial charge in [0, 0.05) is 25.6 Å². The van der Waals surface area contributed by atoms with Crippen molar-refractivity contribution in [2.75, 3.05) is 19.7 Å². The lowest BCUT2D eigenvalue weighted by Gasteiger charge is -2.24. The van der Waals surface area contributed by atoms with E-state index in [-0.39, 0.29) is 37.3 Å². The van der Waals surface area contributed by atoms with Crippen LogP contribution < -0.4 is 10.1 Å². The summed E-state index contributed by atoms with van der Waals surface area (Å²) >= 11 is 0. The van der Waals surface area contributed by atoms with Crippen LogP contribution in [0.25, 0.3) is 0 Å². The Kier molecular flexibility index (Phi) is 6.14. The van der Waals surface area contributed by atoms with Crippen molar-refractivity contribution >= 4 is 11.8 Å². The summed E-state index contributed by atoms with van der Waals surface area (Å²) in [6, 6.07) is 7.91. The molecular weight excluding hydrogens is 332 g/mol. The molecule has 1 aliphatic heterocycles. The number of aliphatic hydroxyl groups is 1. The van der Waals surface area contributed by atoms with Gasteiger partial charge in [-0.15, -0.1) is 0 Å². The summed E-state index contributed by atoms with van der Waals surface area (Å²) < 4.78 is 5.54. The summed E-state index contributed by atoms with van der Waals surface area (Å²) in [7, 11) is 0. The number of amides is 2. The molecule has 1 aromatic rings. The molecule has 0 spiro atoms. The van der Waals surface area contributed by atoms with E-state index in [4.69, 9.17) is 4.74 Å². The van der Waals surface area contributed by atoms with Gasteiger partial charge >= 0.3 is 0 Å². The van der Waals surface area contributed by atoms with Crippen LogP contribution in [0.15, 0.2) is 24.3 Å². The van der Waals surface area contributed by atoms with E-state index in [0.717, 1.165) is 18.4 Å². The minimum Gasteiger partial charge on any atom is -0.491 e. The molecule has 0 radical (unpaired) electrons. The van der Waals surface area contributed by atoms with Gasteiger partial charge in [0.2, 0.25) is 11.8 Å². The average Bonchev–Trinajstić information content (AvgIpc) is 3.27. The van der Waals surface area contributed by atoms with E-state index in [2.05, 4.69) is 5.32 Å². The lowest BCUT2D eigenvalue weighted by Crippen LogP contribution is -2.40. The minimum absolute atomic E-state index is 0.0837. The number of carbonyl (C=O) groups excluding carboxylic acids is 2. The van der Waals surface area contributed by atoms with E-state index in [1.54, 1.807) is 0 Å². The maximum Gasteiger partial charge on any atom is 0.225 e. The van der Waals surface area contributed by atoms with Gasteiger partial charge in [-0.2, -0.15) is 0 Å². The Hall–Kier alpha value is -2.08. The molecule has 2 unspecified atom stereocenters. The fourth-order valence-electron chi connectivity index (χ4n) is 3.80. The summed E-state index contributed by atoms with van der Waals surface area (Å²) in [6.45, 7) is 2.72. The molecule has 1 saturated heterocycles. The zero-order chi connectivity index (χ0) is 18.5. The molecule has 1 saturated carbocycles. The molecule has 26 heavy (non-hydrogen) atoms. The third-order valence-corrected chi connectivity index (χ3v) is 5.24. The molecule has 1 heterocycles. The van der Waals surface area contributed by atoms with Crippen LogP contribution >= 0.6 is 0 Å². The first-order chi connectivity index (χ1) is 12.5. The van der Waals surface area contributed by atoms with Gasteiger partial charge < -0.3 is 20.1 Å². The molecule has 1 aromatic carbocycles. The monoisotopic (exact) mass is 360 g/mol. The van der Waals surface area contributed by atoms with Crippen LogP contribution in [0, 0.1) is 12.8 Å².